The maximum Gasteiger partial charge on any atom is 0.310 e. The molecular weight excluding hydrogens is 298 g/mol. The van der Waals surface area contributed by atoms with Crippen molar-refractivity contribution >= 4 is 16.0 Å². The van der Waals surface area contributed by atoms with Gasteiger partial charge in [-0.15, -0.1) is 0 Å². The van der Waals surface area contributed by atoms with Crippen LogP contribution in [0.1, 0.15) is 0 Å². The third-order valence-electron chi connectivity index (χ3n) is 3.56. The number of methoxy groups -OCH3 is 1. The number of likely N-dealkylation sites (N-methyl/N-ethyl adjacent to an activating group) is 1. The van der Waals surface area contributed by atoms with Gasteiger partial charge in [-0.05, 0) is 12.1 Å². The van der Waals surface area contributed by atoms with Gasteiger partial charge in [0.25, 0.3) is 0 Å². The number of rotatable bonds is 5. The maximum absolute atomic E-state index is 12.7. The van der Waals surface area contributed by atoms with Crippen LogP contribution in [0.25, 0.3) is 0 Å². The number of hydrogen-bond donors (Lipinski definition) is 1. The number of ether oxygens (including phenoxy) is 2. The van der Waals surface area contributed by atoms with E-state index in [0.717, 1.165) is 4.31 Å². The molecule has 7 nitrogen and oxygen atoms in total. The van der Waals surface area contributed by atoms with E-state index in [1.807, 2.05) is 0 Å². The van der Waals surface area contributed by atoms with Gasteiger partial charge < -0.3 is 14.6 Å². The van der Waals surface area contributed by atoms with Crippen molar-refractivity contribution in [2.24, 2.45) is 5.92 Å². The minimum Gasteiger partial charge on any atom is -0.495 e. The second-order valence-corrected chi connectivity index (χ2v) is 6.69. The monoisotopic (exact) mass is 315 g/mol. The molecule has 1 N–H and O–H groups in total. The van der Waals surface area contributed by atoms with Crippen molar-refractivity contribution in [2.45, 2.75) is 10.9 Å². The van der Waals surface area contributed by atoms with Crippen LogP contribution >= 0.6 is 0 Å². The molecule has 1 aliphatic rings. The lowest BCUT2D eigenvalue weighted by Crippen LogP contribution is -2.44. The highest BCUT2D eigenvalue weighted by molar-refractivity contribution is 7.89. The highest BCUT2D eigenvalue weighted by Crippen LogP contribution is 2.29. The Morgan fingerprint density at radius 3 is 2.67 bits per heavy atom. The summed E-state index contributed by atoms with van der Waals surface area (Å²) in [6, 6.07) is 5.48. The predicted octanol–water partition coefficient (Wildman–Crippen LogP) is 0.415. The van der Waals surface area contributed by atoms with Gasteiger partial charge in [-0.2, -0.15) is 4.31 Å². The summed E-state index contributed by atoms with van der Waals surface area (Å²) in [6.07, 6.45) is 0. The van der Waals surface area contributed by atoms with Crippen molar-refractivity contribution < 1.29 is 27.8 Å². The van der Waals surface area contributed by atoms with E-state index in [1.54, 1.807) is 18.2 Å². The van der Waals surface area contributed by atoms with Crippen LogP contribution in [-0.2, 0) is 19.6 Å². The summed E-state index contributed by atoms with van der Waals surface area (Å²) in [6.45, 7) is 0.0631. The number of para-hydroxylation sites is 1. The Hall–Kier alpha value is -1.64. The molecule has 1 fully saturated rings. The lowest BCUT2D eigenvalue weighted by Gasteiger charge is -2.26. The third kappa shape index (κ3) is 2.87. The molecule has 116 valence electrons. The summed E-state index contributed by atoms with van der Waals surface area (Å²) < 4.78 is 36.6. The molecule has 1 saturated heterocycles. The van der Waals surface area contributed by atoms with Gasteiger partial charge in [-0.25, -0.2) is 8.42 Å². The van der Waals surface area contributed by atoms with Crippen LogP contribution < -0.4 is 4.74 Å². The molecule has 1 aromatic rings. The Labute approximate surface area is 123 Å². The van der Waals surface area contributed by atoms with Gasteiger partial charge in [0.2, 0.25) is 10.0 Å². The van der Waals surface area contributed by atoms with Gasteiger partial charge in [-0.3, -0.25) is 4.79 Å². The zero-order chi connectivity index (χ0) is 15.6. The van der Waals surface area contributed by atoms with Gasteiger partial charge in [-0.1, -0.05) is 12.1 Å². The standard InChI is InChI=1S/C13H17NO6S/c1-14(10-8-20-7-9(10)13(15)16)21(17,18)12-6-4-3-5-11(12)19-2/h3-6,9-10H,7-8H2,1-2H3,(H,15,16). The quantitative estimate of drug-likeness (QED) is 0.846. The summed E-state index contributed by atoms with van der Waals surface area (Å²) in [7, 11) is -1.13. The van der Waals surface area contributed by atoms with E-state index in [4.69, 9.17) is 14.6 Å². The SMILES string of the molecule is COc1ccccc1S(=O)(=O)N(C)C1COCC1C(=O)O. The minimum atomic E-state index is -3.87. The van der Waals surface area contributed by atoms with E-state index < -0.39 is 28.0 Å². The first-order chi connectivity index (χ1) is 9.89. The van der Waals surface area contributed by atoms with Crippen LogP contribution in [-0.4, -0.2) is 57.2 Å². The molecule has 0 amide bonds. The summed E-state index contributed by atoms with van der Waals surface area (Å²) in [5.41, 5.74) is 0. The molecular formula is C13H17NO6S. The van der Waals surface area contributed by atoms with Crippen LogP contribution in [0.4, 0.5) is 0 Å². The maximum atomic E-state index is 12.7. The van der Waals surface area contributed by atoms with E-state index >= 15 is 0 Å². The van der Waals surface area contributed by atoms with Crippen molar-refractivity contribution in [3.05, 3.63) is 24.3 Å². The molecule has 0 saturated carbocycles. The van der Waals surface area contributed by atoms with Crippen LogP contribution in [0.15, 0.2) is 29.2 Å². The van der Waals surface area contributed by atoms with E-state index in [0.29, 0.717) is 0 Å². The van der Waals surface area contributed by atoms with Gasteiger partial charge in [0.1, 0.15) is 10.6 Å². The van der Waals surface area contributed by atoms with Crippen molar-refractivity contribution in [1.29, 1.82) is 0 Å². The Kier molecular flexibility index (Phi) is 4.50. The summed E-state index contributed by atoms with van der Waals surface area (Å²) >= 11 is 0. The fourth-order valence-electron chi connectivity index (χ4n) is 2.30. The second kappa shape index (κ2) is 6.00. The summed E-state index contributed by atoms with van der Waals surface area (Å²) in [5.74, 6) is -1.73. The number of carbonyl (C=O) groups is 1. The number of sulfonamides is 1. The van der Waals surface area contributed by atoms with Crippen LogP contribution in [0.5, 0.6) is 5.75 Å². The molecule has 2 rings (SSSR count). The van der Waals surface area contributed by atoms with Crippen molar-refractivity contribution in [1.82, 2.24) is 4.31 Å². The van der Waals surface area contributed by atoms with Crippen LogP contribution in [0.2, 0.25) is 0 Å². The van der Waals surface area contributed by atoms with Crippen molar-refractivity contribution in [3.8, 4) is 5.75 Å². The number of hydrogen-bond acceptors (Lipinski definition) is 5. The van der Waals surface area contributed by atoms with Crippen molar-refractivity contribution in [3.63, 3.8) is 0 Å². The number of nitrogens with zero attached hydrogens (tertiary/aromatic N) is 1. The van der Waals surface area contributed by atoms with E-state index in [2.05, 4.69) is 0 Å². The first kappa shape index (κ1) is 15.7. The molecule has 8 heteroatoms. The van der Waals surface area contributed by atoms with E-state index in [-0.39, 0.29) is 23.9 Å². The molecule has 0 aromatic heterocycles. The minimum absolute atomic E-state index is 0.00559. The summed E-state index contributed by atoms with van der Waals surface area (Å²) in [4.78, 5) is 11.2. The van der Waals surface area contributed by atoms with Crippen molar-refractivity contribution in [2.75, 3.05) is 27.4 Å². The van der Waals surface area contributed by atoms with Crippen LogP contribution in [0.3, 0.4) is 0 Å². The lowest BCUT2D eigenvalue weighted by molar-refractivity contribution is -0.142. The molecule has 1 aromatic carbocycles. The van der Waals surface area contributed by atoms with Gasteiger partial charge in [0.15, 0.2) is 0 Å². The zero-order valence-corrected chi connectivity index (χ0v) is 12.5. The fourth-order valence-corrected chi connectivity index (χ4v) is 3.83. The highest BCUT2D eigenvalue weighted by Gasteiger charge is 2.42. The van der Waals surface area contributed by atoms with Gasteiger partial charge in [0.05, 0.1) is 32.3 Å². The molecule has 0 aliphatic carbocycles. The third-order valence-corrected chi connectivity index (χ3v) is 5.48. The average molecular weight is 315 g/mol. The molecule has 1 aliphatic heterocycles. The Balaban J connectivity index is 2.37. The molecule has 0 radical (unpaired) electrons. The molecule has 2 unspecified atom stereocenters. The van der Waals surface area contributed by atoms with Gasteiger partial charge in [0, 0.05) is 7.05 Å². The molecule has 0 spiro atoms. The Morgan fingerprint density at radius 2 is 2.05 bits per heavy atom. The number of benzene rings is 1. The Morgan fingerprint density at radius 1 is 1.38 bits per heavy atom. The fraction of sp³-hybridized carbons (Fsp3) is 0.462. The Bertz CT molecular complexity index is 629. The van der Waals surface area contributed by atoms with E-state index in [1.165, 1.54) is 20.2 Å². The van der Waals surface area contributed by atoms with Crippen LogP contribution in [0, 0.1) is 5.92 Å². The second-order valence-electron chi connectivity index (χ2n) is 4.72. The number of carboxylic acids is 1. The normalized spacial score (nSPS) is 22.4. The first-order valence-electron chi connectivity index (χ1n) is 6.31. The predicted molar refractivity (Wildman–Crippen MR) is 73.7 cm³/mol. The average Bonchev–Trinajstić information content (AvgIpc) is 2.95. The first-order valence-corrected chi connectivity index (χ1v) is 7.75. The molecule has 2 atom stereocenters. The highest BCUT2D eigenvalue weighted by atomic mass is 32.2. The molecule has 0 bridgehead atoms. The number of aliphatic carboxylic acids is 1. The smallest absolute Gasteiger partial charge is 0.310 e. The van der Waals surface area contributed by atoms with Gasteiger partial charge >= 0.3 is 5.97 Å². The summed E-state index contributed by atoms with van der Waals surface area (Å²) in [5, 5.41) is 9.14. The zero-order valence-electron chi connectivity index (χ0n) is 11.7. The lowest BCUT2D eigenvalue weighted by atomic mass is 10.1. The van der Waals surface area contributed by atoms with E-state index in [9.17, 15) is 13.2 Å². The molecule has 1 heterocycles. The number of carboxylic acid groups (broad SMARTS) is 1. The largest absolute Gasteiger partial charge is 0.495 e. The molecule has 21 heavy (non-hydrogen) atoms. The topological polar surface area (TPSA) is 93.1 Å².